The quantitative estimate of drug-likeness (QED) is 0.868. The first-order valence-corrected chi connectivity index (χ1v) is 6.64. The highest BCUT2D eigenvalue weighted by atomic mass is 16.4. The van der Waals surface area contributed by atoms with Crippen molar-refractivity contribution in [3.63, 3.8) is 0 Å². The van der Waals surface area contributed by atoms with Gasteiger partial charge in [0.1, 0.15) is 11.4 Å². The molecule has 1 aliphatic heterocycles. The standard InChI is InChI=1S/C14H21N3O2/c1-9-7-10(2)16-13(12(9)14(18)19)15-8-11-5-4-6-17(11)3/h7,11H,4-6,8H2,1-3H3,(H,15,16)(H,18,19). The summed E-state index contributed by atoms with van der Waals surface area (Å²) in [6.45, 7) is 5.54. The fraction of sp³-hybridized carbons (Fsp3) is 0.571. The van der Waals surface area contributed by atoms with Gasteiger partial charge in [0.2, 0.25) is 0 Å². The van der Waals surface area contributed by atoms with Crippen molar-refractivity contribution < 1.29 is 9.90 Å². The van der Waals surface area contributed by atoms with Crippen molar-refractivity contribution in [3.05, 3.63) is 22.9 Å². The number of aromatic carboxylic acids is 1. The smallest absolute Gasteiger partial charge is 0.339 e. The Labute approximate surface area is 113 Å². The number of hydrogen-bond donors (Lipinski definition) is 2. The number of aromatic nitrogens is 1. The van der Waals surface area contributed by atoms with Gasteiger partial charge >= 0.3 is 5.97 Å². The lowest BCUT2D eigenvalue weighted by molar-refractivity contribution is 0.0696. The Kier molecular flexibility index (Phi) is 4.04. The molecule has 1 atom stereocenters. The van der Waals surface area contributed by atoms with Gasteiger partial charge < -0.3 is 15.3 Å². The summed E-state index contributed by atoms with van der Waals surface area (Å²) < 4.78 is 0. The largest absolute Gasteiger partial charge is 0.478 e. The lowest BCUT2D eigenvalue weighted by Crippen LogP contribution is -2.32. The molecular weight excluding hydrogens is 242 g/mol. The van der Waals surface area contributed by atoms with E-state index >= 15 is 0 Å². The van der Waals surface area contributed by atoms with Gasteiger partial charge in [0.25, 0.3) is 0 Å². The SMILES string of the molecule is Cc1cc(C)c(C(=O)O)c(NCC2CCCN2C)n1. The topological polar surface area (TPSA) is 65.5 Å². The third-order valence-electron chi connectivity index (χ3n) is 3.74. The van der Waals surface area contributed by atoms with Crippen molar-refractivity contribution in [1.82, 2.24) is 9.88 Å². The van der Waals surface area contributed by atoms with Gasteiger partial charge in [0.05, 0.1) is 0 Å². The normalized spacial score (nSPS) is 19.6. The highest BCUT2D eigenvalue weighted by molar-refractivity contribution is 5.94. The van der Waals surface area contributed by atoms with Gasteiger partial charge in [-0.2, -0.15) is 0 Å². The first-order chi connectivity index (χ1) is 8.99. The van der Waals surface area contributed by atoms with Crippen molar-refractivity contribution in [3.8, 4) is 0 Å². The minimum Gasteiger partial charge on any atom is -0.478 e. The van der Waals surface area contributed by atoms with Crippen molar-refractivity contribution in [2.24, 2.45) is 0 Å². The van der Waals surface area contributed by atoms with Crippen LogP contribution in [-0.2, 0) is 0 Å². The number of rotatable bonds is 4. The van der Waals surface area contributed by atoms with Crippen molar-refractivity contribution >= 4 is 11.8 Å². The van der Waals surface area contributed by atoms with Gasteiger partial charge in [-0.1, -0.05) is 0 Å². The zero-order chi connectivity index (χ0) is 14.0. The lowest BCUT2D eigenvalue weighted by Gasteiger charge is -2.21. The fourth-order valence-electron chi connectivity index (χ4n) is 2.69. The lowest BCUT2D eigenvalue weighted by atomic mass is 10.1. The predicted octanol–water partition coefficient (Wildman–Crippen LogP) is 1.90. The van der Waals surface area contributed by atoms with Crippen LogP contribution in [0.25, 0.3) is 0 Å². The molecule has 1 unspecified atom stereocenters. The van der Waals surface area contributed by atoms with E-state index in [9.17, 15) is 9.90 Å². The molecule has 5 heteroatoms. The van der Waals surface area contributed by atoms with Gasteiger partial charge in [-0.15, -0.1) is 0 Å². The molecule has 5 nitrogen and oxygen atoms in total. The van der Waals surface area contributed by atoms with E-state index in [1.807, 2.05) is 13.8 Å². The van der Waals surface area contributed by atoms with E-state index in [0.717, 1.165) is 30.8 Å². The molecule has 1 aromatic heterocycles. The maximum absolute atomic E-state index is 11.3. The molecule has 1 aliphatic rings. The average Bonchev–Trinajstić information content (AvgIpc) is 2.70. The van der Waals surface area contributed by atoms with Crippen LogP contribution in [0.5, 0.6) is 0 Å². The van der Waals surface area contributed by atoms with Crippen LogP contribution in [0.15, 0.2) is 6.07 Å². The minimum absolute atomic E-state index is 0.284. The molecule has 19 heavy (non-hydrogen) atoms. The number of carboxylic acid groups (broad SMARTS) is 1. The fourth-order valence-corrected chi connectivity index (χ4v) is 2.69. The maximum atomic E-state index is 11.3. The minimum atomic E-state index is -0.924. The van der Waals surface area contributed by atoms with Gasteiger partial charge in [0.15, 0.2) is 0 Å². The highest BCUT2D eigenvalue weighted by Crippen LogP contribution is 2.20. The van der Waals surface area contributed by atoms with Gasteiger partial charge in [-0.3, -0.25) is 0 Å². The number of likely N-dealkylation sites (N-methyl/N-ethyl adjacent to an activating group) is 1. The number of pyridine rings is 1. The summed E-state index contributed by atoms with van der Waals surface area (Å²) in [5.41, 5.74) is 1.87. The first kappa shape index (κ1) is 13.8. The van der Waals surface area contributed by atoms with Crippen LogP contribution in [-0.4, -0.2) is 47.1 Å². The Morgan fingerprint density at radius 1 is 1.58 bits per heavy atom. The van der Waals surface area contributed by atoms with Crippen LogP contribution in [0.2, 0.25) is 0 Å². The number of carbonyl (C=O) groups is 1. The van der Waals surface area contributed by atoms with Gasteiger partial charge in [-0.25, -0.2) is 9.78 Å². The summed E-state index contributed by atoms with van der Waals surface area (Å²) in [5, 5.41) is 12.5. The molecule has 1 saturated heterocycles. The molecule has 0 aromatic carbocycles. The first-order valence-electron chi connectivity index (χ1n) is 6.64. The molecule has 2 rings (SSSR count). The van der Waals surface area contributed by atoms with Gasteiger partial charge in [0, 0.05) is 18.3 Å². The van der Waals surface area contributed by atoms with Crippen LogP contribution < -0.4 is 5.32 Å². The van der Waals surface area contributed by atoms with E-state index in [1.54, 1.807) is 6.07 Å². The van der Waals surface area contributed by atoms with Crippen molar-refractivity contribution in [2.75, 3.05) is 25.5 Å². The van der Waals surface area contributed by atoms with Crippen LogP contribution in [0, 0.1) is 13.8 Å². The Balaban J connectivity index is 2.17. The third kappa shape index (κ3) is 3.04. The Morgan fingerprint density at radius 2 is 2.32 bits per heavy atom. The molecule has 0 saturated carbocycles. The summed E-state index contributed by atoms with van der Waals surface area (Å²) in [4.78, 5) is 18.0. The number of aryl methyl sites for hydroxylation is 2. The summed E-state index contributed by atoms with van der Waals surface area (Å²) >= 11 is 0. The Morgan fingerprint density at radius 3 is 2.89 bits per heavy atom. The number of nitrogens with one attached hydrogen (secondary N) is 1. The second-order valence-electron chi connectivity index (χ2n) is 5.27. The Bertz CT molecular complexity index is 488. The summed E-state index contributed by atoms with van der Waals surface area (Å²) in [6.07, 6.45) is 2.35. The summed E-state index contributed by atoms with van der Waals surface area (Å²) in [5.74, 6) is -0.433. The zero-order valence-electron chi connectivity index (χ0n) is 11.7. The van der Waals surface area contributed by atoms with E-state index in [4.69, 9.17) is 0 Å². The molecule has 1 fully saturated rings. The molecule has 2 heterocycles. The van der Waals surface area contributed by atoms with Crippen LogP contribution >= 0.6 is 0 Å². The molecule has 0 spiro atoms. The molecular formula is C14H21N3O2. The molecule has 104 valence electrons. The molecule has 0 amide bonds. The molecule has 1 aromatic rings. The van der Waals surface area contributed by atoms with E-state index in [-0.39, 0.29) is 5.56 Å². The second kappa shape index (κ2) is 5.57. The van der Waals surface area contributed by atoms with Crippen LogP contribution in [0.3, 0.4) is 0 Å². The zero-order valence-corrected chi connectivity index (χ0v) is 11.7. The highest BCUT2D eigenvalue weighted by Gasteiger charge is 2.22. The number of likely N-dealkylation sites (tertiary alicyclic amines) is 1. The molecule has 0 bridgehead atoms. The van der Waals surface area contributed by atoms with E-state index < -0.39 is 5.97 Å². The van der Waals surface area contributed by atoms with Crippen LogP contribution in [0.1, 0.15) is 34.5 Å². The predicted molar refractivity (Wildman–Crippen MR) is 74.8 cm³/mol. The molecule has 0 aliphatic carbocycles. The Hall–Kier alpha value is -1.62. The van der Waals surface area contributed by atoms with Gasteiger partial charge in [-0.05, 0) is 51.9 Å². The average molecular weight is 263 g/mol. The maximum Gasteiger partial charge on any atom is 0.339 e. The van der Waals surface area contributed by atoms with E-state index in [1.165, 1.54) is 6.42 Å². The number of nitrogens with zero attached hydrogens (tertiary/aromatic N) is 2. The molecule has 2 N–H and O–H groups in total. The molecule has 0 radical (unpaired) electrons. The second-order valence-corrected chi connectivity index (χ2v) is 5.27. The number of carboxylic acids is 1. The number of hydrogen-bond acceptors (Lipinski definition) is 4. The monoisotopic (exact) mass is 263 g/mol. The van der Waals surface area contributed by atoms with E-state index in [0.29, 0.717) is 11.9 Å². The van der Waals surface area contributed by atoms with Crippen LogP contribution in [0.4, 0.5) is 5.82 Å². The summed E-state index contributed by atoms with van der Waals surface area (Å²) in [7, 11) is 2.10. The van der Waals surface area contributed by atoms with Crippen molar-refractivity contribution in [1.29, 1.82) is 0 Å². The third-order valence-corrected chi connectivity index (χ3v) is 3.74. The van der Waals surface area contributed by atoms with E-state index in [2.05, 4.69) is 22.2 Å². The van der Waals surface area contributed by atoms with Crippen molar-refractivity contribution in [2.45, 2.75) is 32.7 Å². The summed E-state index contributed by atoms with van der Waals surface area (Å²) in [6, 6.07) is 2.26. The number of anilines is 1.